The minimum absolute atomic E-state index is 0.185. The van der Waals surface area contributed by atoms with E-state index in [1.807, 2.05) is 48.5 Å². The molecule has 0 unspecified atom stereocenters. The van der Waals surface area contributed by atoms with Crippen LogP contribution in [0.4, 0.5) is 0 Å². The molecule has 19 heavy (non-hydrogen) atoms. The summed E-state index contributed by atoms with van der Waals surface area (Å²) in [6.45, 7) is 1.67. The minimum atomic E-state index is -0.657. The second kappa shape index (κ2) is 6.16. The van der Waals surface area contributed by atoms with E-state index in [0.717, 1.165) is 5.56 Å². The van der Waals surface area contributed by atoms with Crippen LogP contribution in [-0.4, -0.2) is 17.1 Å². The Kier molecular flexibility index (Phi) is 4.31. The van der Waals surface area contributed by atoms with E-state index < -0.39 is 12.1 Å². The molecule has 0 aromatic heterocycles. The average Bonchev–Trinajstić information content (AvgIpc) is 2.46. The fraction of sp³-hybridized carbons (Fsp3) is 0.188. The second-order valence-electron chi connectivity index (χ2n) is 4.47. The van der Waals surface area contributed by atoms with Crippen molar-refractivity contribution in [1.29, 1.82) is 0 Å². The summed E-state index contributed by atoms with van der Waals surface area (Å²) >= 11 is 0. The van der Waals surface area contributed by atoms with Gasteiger partial charge in [-0.1, -0.05) is 48.5 Å². The van der Waals surface area contributed by atoms with Crippen molar-refractivity contribution in [3.8, 4) is 0 Å². The molecule has 0 aliphatic heterocycles. The zero-order valence-electron chi connectivity index (χ0n) is 10.8. The lowest BCUT2D eigenvalue weighted by Crippen LogP contribution is -2.34. The molecule has 0 fully saturated rings. The Morgan fingerprint density at radius 2 is 1.53 bits per heavy atom. The predicted molar refractivity (Wildman–Crippen MR) is 74.8 cm³/mol. The molecule has 0 saturated heterocycles. The maximum absolute atomic E-state index is 12.1. The lowest BCUT2D eigenvalue weighted by molar-refractivity contribution is 0.0858. The number of benzene rings is 2. The molecule has 2 rings (SSSR count). The lowest BCUT2D eigenvalue weighted by atomic mass is 10.0. The van der Waals surface area contributed by atoms with Crippen molar-refractivity contribution in [2.45, 2.75) is 19.1 Å². The molecule has 0 saturated carbocycles. The van der Waals surface area contributed by atoms with Gasteiger partial charge in [-0.05, 0) is 24.6 Å². The number of carbonyl (C=O) groups excluding carboxylic acids is 1. The molecule has 0 aliphatic rings. The van der Waals surface area contributed by atoms with E-state index in [4.69, 9.17) is 0 Å². The van der Waals surface area contributed by atoms with E-state index in [0.29, 0.717) is 5.56 Å². The summed E-state index contributed by atoms with van der Waals surface area (Å²) in [6, 6.07) is 18.0. The molecule has 0 heterocycles. The van der Waals surface area contributed by atoms with Crippen molar-refractivity contribution < 1.29 is 9.90 Å². The van der Waals surface area contributed by atoms with Crippen LogP contribution in [-0.2, 0) is 0 Å². The predicted octanol–water partition coefficient (Wildman–Crippen LogP) is 2.54. The van der Waals surface area contributed by atoms with Crippen LogP contribution in [0.25, 0.3) is 0 Å². The summed E-state index contributed by atoms with van der Waals surface area (Å²) in [5.74, 6) is -0.185. The van der Waals surface area contributed by atoms with Gasteiger partial charge >= 0.3 is 0 Å². The standard InChI is InChI=1S/C16H17NO2/c1-12(18)15(13-8-4-2-5-9-13)17-16(19)14-10-6-3-7-11-14/h2-12,15,18H,1H3,(H,17,19)/t12-,15-/m0/s1. The normalized spacial score (nSPS) is 13.6. The highest BCUT2D eigenvalue weighted by atomic mass is 16.3. The first-order valence-electron chi connectivity index (χ1n) is 6.27. The Bertz CT molecular complexity index is 523. The van der Waals surface area contributed by atoms with Crippen LogP contribution in [0.3, 0.4) is 0 Å². The summed E-state index contributed by atoms with van der Waals surface area (Å²) in [5.41, 5.74) is 1.48. The third-order valence-electron chi connectivity index (χ3n) is 2.96. The number of aliphatic hydroxyl groups excluding tert-OH is 1. The SMILES string of the molecule is C[C@H](O)[C@H](NC(=O)c1ccccc1)c1ccccc1. The van der Waals surface area contributed by atoms with Crippen LogP contribution >= 0.6 is 0 Å². The van der Waals surface area contributed by atoms with Crippen molar-refractivity contribution >= 4 is 5.91 Å². The fourth-order valence-electron chi connectivity index (χ4n) is 1.96. The zero-order valence-corrected chi connectivity index (χ0v) is 10.8. The minimum Gasteiger partial charge on any atom is -0.391 e. The Hall–Kier alpha value is -2.13. The van der Waals surface area contributed by atoms with Gasteiger partial charge in [0, 0.05) is 5.56 Å². The summed E-state index contributed by atoms with van der Waals surface area (Å²) in [5, 5.41) is 12.7. The van der Waals surface area contributed by atoms with Gasteiger partial charge in [0.25, 0.3) is 5.91 Å². The van der Waals surface area contributed by atoms with Gasteiger partial charge in [-0.15, -0.1) is 0 Å². The summed E-state index contributed by atoms with van der Waals surface area (Å²) in [4.78, 5) is 12.1. The molecule has 3 nitrogen and oxygen atoms in total. The number of aliphatic hydroxyl groups is 1. The molecule has 0 aliphatic carbocycles. The first-order chi connectivity index (χ1) is 9.18. The highest BCUT2D eigenvalue weighted by Crippen LogP contribution is 2.17. The number of rotatable bonds is 4. The molecule has 2 N–H and O–H groups in total. The van der Waals surface area contributed by atoms with Gasteiger partial charge < -0.3 is 10.4 Å². The Morgan fingerprint density at radius 1 is 1.00 bits per heavy atom. The van der Waals surface area contributed by atoms with E-state index in [-0.39, 0.29) is 5.91 Å². The average molecular weight is 255 g/mol. The molecular weight excluding hydrogens is 238 g/mol. The smallest absolute Gasteiger partial charge is 0.251 e. The molecule has 2 aromatic rings. The van der Waals surface area contributed by atoms with Gasteiger partial charge in [-0.2, -0.15) is 0 Å². The molecule has 0 radical (unpaired) electrons. The summed E-state index contributed by atoms with van der Waals surface area (Å²) in [6.07, 6.45) is -0.657. The van der Waals surface area contributed by atoms with Crippen molar-refractivity contribution in [1.82, 2.24) is 5.32 Å². The van der Waals surface area contributed by atoms with Crippen LogP contribution < -0.4 is 5.32 Å². The maximum atomic E-state index is 12.1. The van der Waals surface area contributed by atoms with E-state index in [2.05, 4.69) is 5.32 Å². The van der Waals surface area contributed by atoms with Crippen LogP contribution in [0.2, 0.25) is 0 Å². The highest BCUT2D eigenvalue weighted by molar-refractivity contribution is 5.94. The molecule has 0 bridgehead atoms. The fourth-order valence-corrected chi connectivity index (χ4v) is 1.96. The molecule has 3 heteroatoms. The van der Waals surface area contributed by atoms with Crippen molar-refractivity contribution in [3.05, 3.63) is 71.8 Å². The second-order valence-corrected chi connectivity index (χ2v) is 4.47. The number of nitrogens with one attached hydrogen (secondary N) is 1. The Balaban J connectivity index is 2.17. The first kappa shape index (κ1) is 13.3. The van der Waals surface area contributed by atoms with Gasteiger partial charge in [0.05, 0.1) is 12.1 Å². The molecular formula is C16H17NO2. The van der Waals surface area contributed by atoms with E-state index in [1.54, 1.807) is 19.1 Å². The molecule has 1 amide bonds. The topological polar surface area (TPSA) is 49.3 Å². The molecule has 2 aromatic carbocycles. The Labute approximate surface area is 112 Å². The highest BCUT2D eigenvalue weighted by Gasteiger charge is 2.19. The maximum Gasteiger partial charge on any atom is 0.251 e. The molecule has 98 valence electrons. The van der Waals surface area contributed by atoms with Crippen molar-refractivity contribution in [3.63, 3.8) is 0 Å². The van der Waals surface area contributed by atoms with Crippen molar-refractivity contribution in [2.24, 2.45) is 0 Å². The monoisotopic (exact) mass is 255 g/mol. The molecule has 0 spiro atoms. The zero-order chi connectivity index (χ0) is 13.7. The van der Waals surface area contributed by atoms with Gasteiger partial charge in [-0.3, -0.25) is 4.79 Å². The number of amides is 1. The van der Waals surface area contributed by atoms with Crippen LogP contribution in [0.5, 0.6) is 0 Å². The number of hydrogen-bond acceptors (Lipinski definition) is 2. The first-order valence-corrected chi connectivity index (χ1v) is 6.27. The quantitative estimate of drug-likeness (QED) is 0.882. The number of carbonyl (C=O) groups is 1. The van der Waals surface area contributed by atoms with Crippen LogP contribution in [0.1, 0.15) is 28.9 Å². The van der Waals surface area contributed by atoms with Crippen molar-refractivity contribution in [2.75, 3.05) is 0 Å². The Morgan fingerprint density at radius 3 is 2.05 bits per heavy atom. The van der Waals surface area contributed by atoms with E-state index in [9.17, 15) is 9.90 Å². The number of hydrogen-bond donors (Lipinski definition) is 2. The largest absolute Gasteiger partial charge is 0.391 e. The van der Waals surface area contributed by atoms with Gasteiger partial charge in [0.2, 0.25) is 0 Å². The van der Waals surface area contributed by atoms with E-state index in [1.165, 1.54) is 0 Å². The van der Waals surface area contributed by atoms with Crippen LogP contribution in [0.15, 0.2) is 60.7 Å². The third-order valence-corrected chi connectivity index (χ3v) is 2.96. The van der Waals surface area contributed by atoms with Gasteiger partial charge in [0.15, 0.2) is 0 Å². The molecule has 2 atom stereocenters. The van der Waals surface area contributed by atoms with Gasteiger partial charge in [-0.25, -0.2) is 0 Å². The third kappa shape index (κ3) is 3.42. The lowest BCUT2D eigenvalue weighted by Gasteiger charge is -2.22. The van der Waals surface area contributed by atoms with Gasteiger partial charge in [0.1, 0.15) is 0 Å². The summed E-state index contributed by atoms with van der Waals surface area (Å²) < 4.78 is 0. The van der Waals surface area contributed by atoms with Crippen LogP contribution in [0, 0.1) is 0 Å². The van der Waals surface area contributed by atoms with E-state index >= 15 is 0 Å². The summed E-state index contributed by atoms with van der Waals surface area (Å²) in [7, 11) is 0.